The molecular weight excluding hydrogens is 366 g/mol. The van der Waals surface area contributed by atoms with Crippen molar-refractivity contribution in [2.24, 2.45) is 5.92 Å². The molecule has 27 heavy (non-hydrogen) atoms. The minimum Gasteiger partial charge on any atom is -0.372 e. The molecule has 2 N–H and O–H groups in total. The van der Waals surface area contributed by atoms with E-state index in [1.165, 1.54) is 0 Å². The van der Waals surface area contributed by atoms with Crippen molar-refractivity contribution in [2.45, 2.75) is 45.4 Å². The third-order valence-electron chi connectivity index (χ3n) is 5.08. The molecule has 2 aliphatic heterocycles. The van der Waals surface area contributed by atoms with Gasteiger partial charge in [-0.05, 0) is 57.5 Å². The van der Waals surface area contributed by atoms with E-state index in [4.69, 9.17) is 4.74 Å². The molecule has 6 nitrogen and oxygen atoms in total. The van der Waals surface area contributed by atoms with Gasteiger partial charge in [-0.2, -0.15) is 0 Å². The molecule has 0 bridgehead atoms. The third kappa shape index (κ3) is 5.92. The highest BCUT2D eigenvalue weighted by Crippen LogP contribution is 2.15. The fraction of sp³-hybridized carbons (Fsp3) is 0.600. The lowest BCUT2D eigenvalue weighted by atomic mass is 9.97. The third-order valence-corrected chi connectivity index (χ3v) is 5.08. The number of halogens is 1. The average molecular weight is 396 g/mol. The molecule has 0 aliphatic carbocycles. The van der Waals surface area contributed by atoms with Crippen LogP contribution >= 0.6 is 12.4 Å². The molecule has 0 radical (unpaired) electrons. The molecule has 2 heterocycles. The van der Waals surface area contributed by atoms with E-state index in [0.717, 1.165) is 31.5 Å². The molecule has 1 aromatic rings. The maximum Gasteiger partial charge on any atom is 0.254 e. The number of nitrogens with zero attached hydrogens (tertiary/aromatic N) is 1. The zero-order valence-corrected chi connectivity index (χ0v) is 16.9. The molecule has 150 valence electrons. The first-order chi connectivity index (χ1) is 12.5. The number of ether oxygens (including phenoxy) is 1. The summed E-state index contributed by atoms with van der Waals surface area (Å²) in [7, 11) is 0. The molecule has 7 heteroatoms. The molecule has 2 fully saturated rings. The summed E-state index contributed by atoms with van der Waals surface area (Å²) in [6.45, 7) is 7.55. The van der Waals surface area contributed by atoms with Crippen LogP contribution < -0.4 is 10.6 Å². The number of hydrogen-bond acceptors (Lipinski definition) is 4. The van der Waals surface area contributed by atoms with Crippen LogP contribution in [0.3, 0.4) is 0 Å². The number of amides is 2. The van der Waals surface area contributed by atoms with Crippen molar-refractivity contribution in [2.75, 3.05) is 26.2 Å². The summed E-state index contributed by atoms with van der Waals surface area (Å²) in [6.07, 6.45) is 1.92. The van der Waals surface area contributed by atoms with Crippen LogP contribution in [0, 0.1) is 5.92 Å². The number of piperidine rings is 1. The summed E-state index contributed by atoms with van der Waals surface area (Å²) in [6, 6.07) is 7.53. The Morgan fingerprint density at radius 1 is 1.11 bits per heavy atom. The van der Waals surface area contributed by atoms with Gasteiger partial charge in [0.15, 0.2) is 0 Å². The average Bonchev–Trinajstić information content (AvgIpc) is 2.66. The standard InChI is InChI=1S/C20H29N3O3.ClH/c1-14-12-23(13-15(2)26-14)20(25)18-5-3-16(4-6-18)11-22-19(24)17-7-9-21-10-8-17;/h3-6,14-15,17,21H,7-13H2,1-2H3,(H,22,24);1H. The van der Waals surface area contributed by atoms with Gasteiger partial charge in [0.05, 0.1) is 12.2 Å². The Balaban J connectivity index is 0.00000261. The van der Waals surface area contributed by atoms with Gasteiger partial charge in [-0.1, -0.05) is 12.1 Å². The Labute approximate surface area is 167 Å². The number of carbonyl (C=O) groups is 2. The Kier molecular flexibility index (Phi) is 8.07. The monoisotopic (exact) mass is 395 g/mol. The van der Waals surface area contributed by atoms with Gasteiger partial charge in [-0.25, -0.2) is 0 Å². The molecule has 0 spiro atoms. The van der Waals surface area contributed by atoms with E-state index in [9.17, 15) is 9.59 Å². The van der Waals surface area contributed by atoms with Gasteiger partial charge in [0, 0.05) is 31.1 Å². The smallest absolute Gasteiger partial charge is 0.254 e. The lowest BCUT2D eigenvalue weighted by molar-refractivity contribution is -0.125. The van der Waals surface area contributed by atoms with Crippen molar-refractivity contribution < 1.29 is 14.3 Å². The van der Waals surface area contributed by atoms with E-state index in [1.807, 2.05) is 43.0 Å². The fourth-order valence-corrected chi connectivity index (χ4v) is 3.71. The highest BCUT2D eigenvalue weighted by atomic mass is 35.5. The minimum atomic E-state index is 0. The van der Waals surface area contributed by atoms with Gasteiger partial charge in [0.1, 0.15) is 0 Å². The van der Waals surface area contributed by atoms with Crippen LogP contribution in [0.1, 0.15) is 42.6 Å². The zero-order valence-electron chi connectivity index (χ0n) is 16.1. The predicted molar refractivity (Wildman–Crippen MR) is 107 cm³/mol. The number of benzene rings is 1. The second-order valence-corrected chi connectivity index (χ2v) is 7.41. The summed E-state index contributed by atoms with van der Waals surface area (Å²) in [5.41, 5.74) is 1.69. The van der Waals surface area contributed by atoms with Crippen molar-refractivity contribution in [3.8, 4) is 0 Å². The highest BCUT2D eigenvalue weighted by Gasteiger charge is 2.26. The molecule has 2 amide bonds. The number of carbonyl (C=O) groups excluding carboxylic acids is 2. The van der Waals surface area contributed by atoms with E-state index >= 15 is 0 Å². The van der Waals surface area contributed by atoms with Gasteiger partial charge in [0.2, 0.25) is 5.91 Å². The Morgan fingerprint density at radius 3 is 2.30 bits per heavy atom. The largest absolute Gasteiger partial charge is 0.372 e. The molecule has 2 unspecified atom stereocenters. The molecular formula is C20H30ClN3O3. The van der Waals surface area contributed by atoms with Crippen molar-refractivity contribution in [3.63, 3.8) is 0 Å². The Morgan fingerprint density at radius 2 is 1.70 bits per heavy atom. The summed E-state index contributed by atoms with van der Waals surface area (Å²) in [4.78, 5) is 26.7. The summed E-state index contributed by atoms with van der Waals surface area (Å²) < 4.78 is 5.69. The Hall–Kier alpha value is -1.63. The van der Waals surface area contributed by atoms with Gasteiger partial charge in [-0.15, -0.1) is 12.4 Å². The minimum absolute atomic E-state index is 0. The molecule has 0 saturated carbocycles. The predicted octanol–water partition coefficient (Wildman–Crippen LogP) is 1.97. The molecule has 2 atom stereocenters. The van der Waals surface area contributed by atoms with Gasteiger partial charge in [0.25, 0.3) is 5.91 Å². The SMILES string of the molecule is CC1CN(C(=O)c2ccc(CNC(=O)C3CCNCC3)cc2)CC(C)O1.Cl. The lowest BCUT2D eigenvalue weighted by Gasteiger charge is -2.35. The molecule has 0 aromatic heterocycles. The van der Waals surface area contributed by atoms with Crippen molar-refractivity contribution in [1.29, 1.82) is 0 Å². The first kappa shape index (κ1) is 21.7. The topological polar surface area (TPSA) is 70.7 Å². The zero-order chi connectivity index (χ0) is 18.5. The Bertz CT molecular complexity index is 622. The summed E-state index contributed by atoms with van der Waals surface area (Å²) in [5, 5.41) is 6.28. The van der Waals surface area contributed by atoms with Crippen LogP contribution in [-0.4, -0.2) is 55.1 Å². The van der Waals surface area contributed by atoms with Crippen molar-refractivity contribution in [1.82, 2.24) is 15.5 Å². The van der Waals surface area contributed by atoms with Crippen LogP contribution in [-0.2, 0) is 16.1 Å². The normalized spacial score (nSPS) is 23.4. The van der Waals surface area contributed by atoms with Gasteiger partial charge in [-0.3, -0.25) is 9.59 Å². The van der Waals surface area contributed by atoms with E-state index in [2.05, 4.69) is 10.6 Å². The quantitative estimate of drug-likeness (QED) is 0.817. The van der Waals surface area contributed by atoms with E-state index < -0.39 is 0 Å². The van der Waals surface area contributed by atoms with Crippen LogP contribution in [0.2, 0.25) is 0 Å². The van der Waals surface area contributed by atoms with E-state index in [0.29, 0.717) is 25.2 Å². The second-order valence-electron chi connectivity index (χ2n) is 7.41. The van der Waals surface area contributed by atoms with Crippen LogP contribution in [0.25, 0.3) is 0 Å². The second kappa shape index (κ2) is 10.1. The molecule has 1 aromatic carbocycles. The highest BCUT2D eigenvalue weighted by molar-refractivity contribution is 5.94. The van der Waals surface area contributed by atoms with E-state index in [1.54, 1.807) is 0 Å². The maximum absolute atomic E-state index is 12.7. The van der Waals surface area contributed by atoms with E-state index in [-0.39, 0.29) is 42.3 Å². The van der Waals surface area contributed by atoms with Gasteiger partial charge >= 0.3 is 0 Å². The summed E-state index contributed by atoms with van der Waals surface area (Å²) >= 11 is 0. The van der Waals surface area contributed by atoms with Crippen LogP contribution in [0.4, 0.5) is 0 Å². The molecule has 2 aliphatic rings. The number of rotatable bonds is 4. The van der Waals surface area contributed by atoms with Crippen molar-refractivity contribution in [3.05, 3.63) is 35.4 Å². The molecule has 2 saturated heterocycles. The lowest BCUT2D eigenvalue weighted by Crippen LogP contribution is -2.48. The fourth-order valence-electron chi connectivity index (χ4n) is 3.71. The summed E-state index contributed by atoms with van der Waals surface area (Å²) in [5.74, 6) is 0.280. The van der Waals surface area contributed by atoms with Crippen molar-refractivity contribution >= 4 is 24.2 Å². The molecule has 3 rings (SSSR count). The number of morpholine rings is 1. The van der Waals surface area contributed by atoms with Crippen LogP contribution in [0.15, 0.2) is 24.3 Å². The number of nitrogens with one attached hydrogen (secondary N) is 2. The first-order valence-electron chi connectivity index (χ1n) is 9.55. The maximum atomic E-state index is 12.7. The number of hydrogen-bond donors (Lipinski definition) is 2. The van der Waals surface area contributed by atoms with Crippen LogP contribution in [0.5, 0.6) is 0 Å². The van der Waals surface area contributed by atoms with Gasteiger partial charge < -0.3 is 20.3 Å². The first-order valence-corrected chi connectivity index (χ1v) is 9.55.